The maximum atomic E-state index is 12.6. The molecule has 4 rings (SSSR count). The number of rotatable bonds is 8. The largest absolute Gasteiger partial charge is 0.464 e. The molecule has 0 amide bonds. The molecule has 0 radical (unpaired) electrons. The van der Waals surface area contributed by atoms with Crippen LogP contribution in [0.15, 0.2) is 66.0 Å². The number of pyridine rings is 1. The Hall–Kier alpha value is -4.15. The zero-order valence-electron chi connectivity index (χ0n) is 18.0. The van der Waals surface area contributed by atoms with Crippen LogP contribution in [0.25, 0.3) is 0 Å². The van der Waals surface area contributed by atoms with Crippen LogP contribution >= 0.6 is 0 Å². The zero-order valence-corrected chi connectivity index (χ0v) is 18.0. The van der Waals surface area contributed by atoms with E-state index in [0.717, 1.165) is 23.4 Å². The number of nitrogens with one attached hydrogen (secondary N) is 1. The predicted octanol–water partition coefficient (Wildman–Crippen LogP) is 3.92. The van der Waals surface area contributed by atoms with Gasteiger partial charge in [0.15, 0.2) is 0 Å². The van der Waals surface area contributed by atoms with Gasteiger partial charge in [-0.1, -0.05) is 12.1 Å². The van der Waals surface area contributed by atoms with E-state index in [-0.39, 0.29) is 23.9 Å². The number of benzene rings is 1. The fourth-order valence-corrected chi connectivity index (χ4v) is 3.12. The van der Waals surface area contributed by atoms with E-state index < -0.39 is 11.9 Å². The topological polar surface area (TPSA) is 94.9 Å². The molecule has 0 aliphatic carbocycles. The Kier molecular flexibility index (Phi) is 6.62. The molecule has 4 aromatic rings. The minimum atomic E-state index is -4.49. The number of aryl methyl sites for hydroxylation is 1. The average molecular weight is 471 g/mol. The lowest BCUT2D eigenvalue weighted by Gasteiger charge is -2.09. The highest BCUT2D eigenvalue weighted by molar-refractivity contribution is 5.32. The van der Waals surface area contributed by atoms with Crippen molar-refractivity contribution < 1.29 is 22.6 Å². The molecule has 0 fully saturated rings. The van der Waals surface area contributed by atoms with Crippen molar-refractivity contribution in [3.05, 3.63) is 93.9 Å². The van der Waals surface area contributed by atoms with Crippen LogP contribution in [0.5, 0.6) is 17.5 Å². The summed E-state index contributed by atoms with van der Waals surface area (Å²) in [4.78, 5) is 22.4. The van der Waals surface area contributed by atoms with Crippen LogP contribution in [0.3, 0.4) is 0 Å². The Bertz CT molecular complexity index is 1300. The summed E-state index contributed by atoms with van der Waals surface area (Å²) < 4.78 is 50.5. The lowest BCUT2D eigenvalue weighted by atomic mass is 10.1. The summed E-state index contributed by atoms with van der Waals surface area (Å²) in [5, 5.41) is 4.08. The average Bonchev–Trinajstić information content (AvgIpc) is 3.21. The van der Waals surface area contributed by atoms with Crippen molar-refractivity contribution >= 4 is 0 Å². The van der Waals surface area contributed by atoms with Gasteiger partial charge in [-0.15, -0.1) is 0 Å². The summed E-state index contributed by atoms with van der Waals surface area (Å²) in [6.07, 6.45) is 2.52. The lowest BCUT2D eigenvalue weighted by Crippen LogP contribution is -2.16. The van der Waals surface area contributed by atoms with Crippen LogP contribution in [0.2, 0.25) is 0 Å². The Balaban J connectivity index is 1.27. The van der Waals surface area contributed by atoms with Gasteiger partial charge < -0.3 is 9.47 Å². The second kappa shape index (κ2) is 9.77. The summed E-state index contributed by atoms with van der Waals surface area (Å²) >= 11 is 0. The summed E-state index contributed by atoms with van der Waals surface area (Å²) in [5.41, 5.74) is 1.11. The molecule has 0 atom stereocenters. The van der Waals surface area contributed by atoms with E-state index in [1.807, 2.05) is 18.3 Å². The monoisotopic (exact) mass is 471 g/mol. The molecule has 176 valence electrons. The Labute approximate surface area is 192 Å². The van der Waals surface area contributed by atoms with Gasteiger partial charge >= 0.3 is 6.18 Å². The van der Waals surface area contributed by atoms with Crippen LogP contribution in [0, 0.1) is 0 Å². The molecule has 0 bridgehead atoms. The van der Waals surface area contributed by atoms with Crippen molar-refractivity contribution in [2.24, 2.45) is 7.05 Å². The summed E-state index contributed by atoms with van der Waals surface area (Å²) in [6, 6.07) is 9.22. The maximum absolute atomic E-state index is 12.6. The number of H-pyrrole nitrogens is 1. The highest BCUT2D eigenvalue weighted by Gasteiger charge is 2.32. The number of ether oxygens (including phenoxy) is 2. The van der Waals surface area contributed by atoms with Crippen LogP contribution in [0.4, 0.5) is 13.2 Å². The van der Waals surface area contributed by atoms with Crippen molar-refractivity contribution in [3.8, 4) is 17.5 Å². The van der Waals surface area contributed by atoms with Gasteiger partial charge in [0.2, 0.25) is 0 Å². The third-order valence-electron chi connectivity index (χ3n) is 4.82. The number of alkyl halides is 3. The molecule has 1 aromatic carbocycles. The third kappa shape index (κ3) is 6.00. The SMILES string of the molecule is Cn1cc(Cc2cnc(OCCc3ccc(Oc4ccc(C(F)(F)F)nc4)cc3)[nH]c2=O)cn1. The van der Waals surface area contributed by atoms with Crippen molar-refractivity contribution in [1.29, 1.82) is 0 Å². The van der Waals surface area contributed by atoms with Crippen LogP contribution < -0.4 is 15.0 Å². The number of hydrogen-bond donors (Lipinski definition) is 1. The van der Waals surface area contributed by atoms with Crippen molar-refractivity contribution in [1.82, 2.24) is 24.7 Å². The number of halogens is 3. The van der Waals surface area contributed by atoms with Crippen LogP contribution in [-0.2, 0) is 26.1 Å². The molecular formula is C23H20F3N5O3. The van der Waals surface area contributed by atoms with Gasteiger partial charge in [-0.3, -0.25) is 14.5 Å². The molecule has 11 heteroatoms. The lowest BCUT2D eigenvalue weighted by molar-refractivity contribution is -0.141. The number of hydrogen-bond acceptors (Lipinski definition) is 6. The number of nitrogens with zero attached hydrogens (tertiary/aromatic N) is 4. The normalized spacial score (nSPS) is 11.4. The fourth-order valence-electron chi connectivity index (χ4n) is 3.12. The molecule has 3 aromatic heterocycles. The molecule has 8 nitrogen and oxygen atoms in total. The summed E-state index contributed by atoms with van der Waals surface area (Å²) in [5.74, 6) is 0.660. The van der Waals surface area contributed by atoms with E-state index in [2.05, 4.69) is 20.1 Å². The first kappa shape index (κ1) is 23.0. The van der Waals surface area contributed by atoms with E-state index in [0.29, 0.717) is 24.2 Å². The van der Waals surface area contributed by atoms with Crippen molar-refractivity contribution in [2.45, 2.75) is 19.0 Å². The first-order chi connectivity index (χ1) is 16.3. The fraction of sp³-hybridized carbons (Fsp3) is 0.217. The first-order valence-electron chi connectivity index (χ1n) is 10.2. The smallest absolute Gasteiger partial charge is 0.433 e. The van der Waals surface area contributed by atoms with Crippen molar-refractivity contribution in [2.75, 3.05) is 6.61 Å². The summed E-state index contributed by atoms with van der Waals surface area (Å²) in [6.45, 7) is 0.286. The molecule has 3 heterocycles. The number of aromatic amines is 1. The van der Waals surface area contributed by atoms with Gasteiger partial charge in [0, 0.05) is 37.8 Å². The second-order valence-electron chi connectivity index (χ2n) is 7.46. The standard InChI is InChI=1S/C23H20F3N5O3/c1-31-14-16(11-29-31)10-17-12-28-22(30-21(17)32)33-9-8-15-2-4-18(5-3-15)34-19-6-7-20(27-13-19)23(24,25)26/h2-7,11-14H,8-10H2,1H3,(H,28,30,32). The molecule has 0 unspecified atom stereocenters. The molecule has 0 saturated heterocycles. The Morgan fingerprint density at radius 1 is 0.971 bits per heavy atom. The molecular weight excluding hydrogens is 451 g/mol. The van der Waals surface area contributed by atoms with Gasteiger partial charge in [-0.05, 0) is 35.4 Å². The second-order valence-corrected chi connectivity index (χ2v) is 7.46. The molecule has 0 spiro atoms. The minimum absolute atomic E-state index is 0.134. The van der Waals surface area contributed by atoms with Crippen LogP contribution in [0.1, 0.15) is 22.4 Å². The zero-order chi connectivity index (χ0) is 24.1. The quantitative estimate of drug-likeness (QED) is 0.419. The predicted molar refractivity (Wildman–Crippen MR) is 116 cm³/mol. The third-order valence-corrected chi connectivity index (χ3v) is 4.82. The molecule has 1 N–H and O–H groups in total. The van der Waals surface area contributed by atoms with Gasteiger partial charge in [0.25, 0.3) is 11.6 Å². The van der Waals surface area contributed by atoms with Crippen molar-refractivity contribution in [3.63, 3.8) is 0 Å². The highest BCUT2D eigenvalue weighted by atomic mass is 19.4. The van der Waals surface area contributed by atoms with Gasteiger partial charge in [-0.2, -0.15) is 18.3 Å². The minimum Gasteiger partial charge on any atom is -0.464 e. The molecule has 0 aliphatic heterocycles. The molecule has 34 heavy (non-hydrogen) atoms. The highest BCUT2D eigenvalue weighted by Crippen LogP contribution is 2.29. The van der Waals surface area contributed by atoms with Gasteiger partial charge in [0.1, 0.15) is 17.2 Å². The molecule has 0 saturated carbocycles. The Morgan fingerprint density at radius 3 is 2.35 bits per heavy atom. The van der Waals surface area contributed by atoms with E-state index in [1.165, 1.54) is 12.3 Å². The first-order valence-corrected chi connectivity index (χ1v) is 10.2. The Morgan fingerprint density at radius 2 is 1.74 bits per heavy atom. The van der Waals surface area contributed by atoms with E-state index in [4.69, 9.17) is 9.47 Å². The maximum Gasteiger partial charge on any atom is 0.433 e. The number of aromatic nitrogens is 5. The summed E-state index contributed by atoms with van der Waals surface area (Å²) in [7, 11) is 1.81. The van der Waals surface area contributed by atoms with Gasteiger partial charge in [-0.25, -0.2) is 9.97 Å². The van der Waals surface area contributed by atoms with Gasteiger partial charge in [0.05, 0.1) is 19.0 Å². The van der Waals surface area contributed by atoms with E-state index >= 15 is 0 Å². The molecule has 0 aliphatic rings. The van der Waals surface area contributed by atoms with E-state index in [1.54, 1.807) is 30.1 Å². The van der Waals surface area contributed by atoms with Crippen LogP contribution in [-0.4, -0.2) is 31.3 Å². The van der Waals surface area contributed by atoms with E-state index in [9.17, 15) is 18.0 Å².